The summed E-state index contributed by atoms with van der Waals surface area (Å²) < 4.78 is 0. The van der Waals surface area contributed by atoms with Crippen LogP contribution < -0.4 is 11.5 Å². The molecule has 0 fully saturated rings. The first-order valence-corrected chi connectivity index (χ1v) is 3.49. The minimum atomic E-state index is -0.929. The van der Waals surface area contributed by atoms with E-state index in [1.807, 2.05) is 0 Å². The van der Waals surface area contributed by atoms with Crippen molar-refractivity contribution < 1.29 is 10.2 Å². The van der Waals surface area contributed by atoms with E-state index in [4.69, 9.17) is 27.1 Å². The lowest BCUT2D eigenvalue weighted by atomic mass is 10.2. The van der Waals surface area contributed by atoms with Crippen LogP contribution in [0.25, 0.3) is 0 Å². The Morgan fingerprint density at radius 1 is 1.50 bits per heavy atom. The largest absolute Gasteiger partial charge is 0.388 e. The fourth-order valence-corrected chi connectivity index (χ4v) is 0.601. The standard InChI is InChI=1S/C6H14N4O2/c7-1-4(5(12)2-8)10-6(9)3-11/h5,9,11-12H,1-3,7-8H2. The molecule has 70 valence electrons. The first-order chi connectivity index (χ1) is 5.65. The van der Waals surface area contributed by atoms with E-state index in [0.717, 1.165) is 0 Å². The summed E-state index contributed by atoms with van der Waals surface area (Å²) in [4.78, 5) is 3.58. The van der Waals surface area contributed by atoms with Gasteiger partial charge in [0, 0.05) is 13.1 Å². The minimum Gasteiger partial charge on any atom is -0.388 e. The van der Waals surface area contributed by atoms with Crippen molar-refractivity contribution in [3.8, 4) is 0 Å². The topological polar surface area (TPSA) is 129 Å². The Kier molecular flexibility index (Phi) is 5.39. The van der Waals surface area contributed by atoms with Gasteiger partial charge in [0.05, 0.1) is 5.71 Å². The van der Waals surface area contributed by atoms with Crippen LogP contribution in [-0.2, 0) is 0 Å². The number of nitrogens with zero attached hydrogens (tertiary/aromatic N) is 1. The average Bonchev–Trinajstić information content (AvgIpc) is 2.12. The van der Waals surface area contributed by atoms with Gasteiger partial charge in [0.2, 0.25) is 0 Å². The summed E-state index contributed by atoms with van der Waals surface area (Å²) in [5.41, 5.74) is 10.6. The maximum atomic E-state index is 9.15. The molecule has 0 aromatic heterocycles. The predicted molar refractivity (Wildman–Crippen MR) is 46.4 cm³/mol. The first kappa shape index (κ1) is 11.2. The highest BCUT2D eigenvalue weighted by atomic mass is 16.3. The van der Waals surface area contributed by atoms with E-state index < -0.39 is 12.7 Å². The third-order valence-electron chi connectivity index (χ3n) is 1.25. The Balaban J connectivity index is 4.31. The number of amidine groups is 1. The fourth-order valence-electron chi connectivity index (χ4n) is 0.601. The van der Waals surface area contributed by atoms with Crippen LogP contribution in [-0.4, -0.2) is 47.6 Å². The Bertz CT molecular complexity index is 180. The van der Waals surface area contributed by atoms with Crippen LogP contribution in [0, 0.1) is 5.41 Å². The summed E-state index contributed by atoms with van der Waals surface area (Å²) in [5.74, 6) is -0.233. The molecule has 6 nitrogen and oxygen atoms in total. The molecule has 0 aliphatic rings. The summed E-state index contributed by atoms with van der Waals surface area (Å²) in [6, 6.07) is 0. The van der Waals surface area contributed by atoms with Crippen molar-refractivity contribution in [2.75, 3.05) is 19.7 Å². The van der Waals surface area contributed by atoms with Crippen LogP contribution >= 0.6 is 0 Å². The number of hydrogen-bond acceptors (Lipinski definition) is 5. The molecule has 0 aliphatic heterocycles. The molecule has 0 radical (unpaired) electrons. The Hall–Kier alpha value is -0.820. The molecular formula is C6H14N4O2. The highest BCUT2D eigenvalue weighted by molar-refractivity contribution is 6.00. The summed E-state index contributed by atoms with van der Waals surface area (Å²) >= 11 is 0. The molecule has 0 aromatic carbocycles. The molecule has 0 aliphatic carbocycles. The predicted octanol–water partition coefficient (Wildman–Crippen LogP) is -2.32. The zero-order valence-corrected chi connectivity index (χ0v) is 6.70. The lowest BCUT2D eigenvalue weighted by Crippen LogP contribution is -2.35. The molecule has 0 spiro atoms. The molecule has 0 saturated carbocycles. The van der Waals surface area contributed by atoms with E-state index in [-0.39, 0.29) is 24.6 Å². The molecule has 7 N–H and O–H groups in total. The van der Waals surface area contributed by atoms with E-state index in [9.17, 15) is 0 Å². The van der Waals surface area contributed by atoms with Gasteiger partial charge in [-0.05, 0) is 0 Å². The monoisotopic (exact) mass is 174 g/mol. The molecule has 1 unspecified atom stereocenters. The molecule has 0 bridgehead atoms. The number of aliphatic hydroxyl groups is 2. The number of hydrogen-bond donors (Lipinski definition) is 5. The zero-order chi connectivity index (χ0) is 9.56. The van der Waals surface area contributed by atoms with Crippen LogP contribution in [0.1, 0.15) is 0 Å². The molecule has 12 heavy (non-hydrogen) atoms. The fraction of sp³-hybridized carbons (Fsp3) is 0.667. The number of nitrogens with two attached hydrogens (primary N) is 2. The van der Waals surface area contributed by atoms with Crippen LogP contribution in [0.2, 0.25) is 0 Å². The number of rotatable bonds is 4. The average molecular weight is 174 g/mol. The minimum absolute atomic E-state index is 0.00867. The smallest absolute Gasteiger partial charge is 0.146 e. The van der Waals surface area contributed by atoms with Crippen molar-refractivity contribution in [1.29, 1.82) is 5.41 Å². The molecule has 0 rings (SSSR count). The Morgan fingerprint density at radius 2 is 2.08 bits per heavy atom. The zero-order valence-electron chi connectivity index (χ0n) is 6.70. The van der Waals surface area contributed by atoms with E-state index in [1.54, 1.807) is 0 Å². The number of aliphatic hydroxyl groups excluding tert-OH is 2. The summed E-state index contributed by atoms with van der Waals surface area (Å²) in [6.07, 6.45) is -0.929. The molecule has 0 heterocycles. The van der Waals surface area contributed by atoms with Crippen molar-refractivity contribution in [2.45, 2.75) is 6.10 Å². The van der Waals surface area contributed by atoms with Crippen LogP contribution in [0.3, 0.4) is 0 Å². The van der Waals surface area contributed by atoms with Crippen LogP contribution in [0.15, 0.2) is 4.99 Å². The van der Waals surface area contributed by atoms with Gasteiger partial charge in [-0.1, -0.05) is 0 Å². The van der Waals surface area contributed by atoms with Crippen LogP contribution in [0.4, 0.5) is 0 Å². The molecular weight excluding hydrogens is 160 g/mol. The quantitative estimate of drug-likeness (QED) is 0.242. The molecule has 1 atom stereocenters. The van der Waals surface area contributed by atoms with Gasteiger partial charge in [0.25, 0.3) is 0 Å². The Morgan fingerprint density at radius 3 is 2.42 bits per heavy atom. The third kappa shape index (κ3) is 3.54. The number of nitrogens with one attached hydrogen (secondary N) is 1. The second kappa shape index (κ2) is 5.78. The van der Waals surface area contributed by atoms with Gasteiger partial charge in [0.1, 0.15) is 18.5 Å². The van der Waals surface area contributed by atoms with E-state index in [0.29, 0.717) is 0 Å². The first-order valence-electron chi connectivity index (χ1n) is 3.49. The van der Waals surface area contributed by atoms with Gasteiger partial charge in [-0.3, -0.25) is 5.41 Å². The Labute approximate surface area is 70.4 Å². The van der Waals surface area contributed by atoms with Gasteiger partial charge < -0.3 is 21.7 Å². The molecule has 6 heteroatoms. The van der Waals surface area contributed by atoms with Crippen molar-refractivity contribution >= 4 is 11.5 Å². The highest BCUT2D eigenvalue weighted by Gasteiger charge is 2.09. The summed E-state index contributed by atoms with van der Waals surface area (Å²) in [5, 5.41) is 24.6. The molecule has 0 saturated heterocycles. The summed E-state index contributed by atoms with van der Waals surface area (Å²) in [6.45, 7) is -0.434. The highest BCUT2D eigenvalue weighted by Crippen LogP contribution is 1.87. The van der Waals surface area contributed by atoms with Crippen molar-refractivity contribution in [3.05, 3.63) is 0 Å². The van der Waals surface area contributed by atoms with E-state index in [2.05, 4.69) is 4.99 Å². The summed E-state index contributed by atoms with van der Waals surface area (Å²) in [7, 11) is 0. The second-order valence-electron chi connectivity index (χ2n) is 2.16. The van der Waals surface area contributed by atoms with Gasteiger partial charge >= 0.3 is 0 Å². The van der Waals surface area contributed by atoms with Gasteiger partial charge in [-0.15, -0.1) is 0 Å². The second-order valence-corrected chi connectivity index (χ2v) is 2.16. The molecule has 0 amide bonds. The SMILES string of the molecule is N=C(CO)N=C(CN)C(O)CN. The molecule has 0 aromatic rings. The normalized spacial score (nSPS) is 14.5. The lowest BCUT2D eigenvalue weighted by Gasteiger charge is -2.08. The third-order valence-corrected chi connectivity index (χ3v) is 1.25. The maximum absolute atomic E-state index is 9.15. The van der Waals surface area contributed by atoms with Gasteiger partial charge in [-0.2, -0.15) is 0 Å². The van der Waals surface area contributed by atoms with Gasteiger partial charge in [0.15, 0.2) is 0 Å². The van der Waals surface area contributed by atoms with Crippen molar-refractivity contribution in [1.82, 2.24) is 0 Å². The van der Waals surface area contributed by atoms with Crippen LogP contribution in [0.5, 0.6) is 0 Å². The number of aliphatic imine (C=N–C) groups is 1. The van der Waals surface area contributed by atoms with Gasteiger partial charge in [-0.25, -0.2) is 4.99 Å². The van der Waals surface area contributed by atoms with E-state index in [1.165, 1.54) is 0 Å². The van der Waals surface area contributed by atoms with E-state index >= 15 is 0 Å². The van der Waals surface area contributed by atoms with Crippen molar-refractivity contribution in [2.24, 2.45) is 16.5 Å². The lowest BCUT2D eigenvalue weighted by molar-refractivity contribution is 0.248. The van der Waals surface area contributed by atoms with Crippen molar-refractivity contribution in [3.63, 3.8) is 0 Å². The maximum Gasteiger partial charge on any atom is 0.146 e.